The Kier molecular flexibility index (Phi) is 9.42. The number of carboxylic acids is 1. The maximum atomic E-state index is 12.1. The van der Waals surface area contributed by atoms with Crippen molar-refractivity contribution in [1.29, 1.82) is 0 Å². The molecule has 0 unspecified atom stereocenters. The molecule has 1 amide bonds. The second kappa shape index (κ2) is 10.8. The van der Waals surface area contributed by atoms with Crippen molar-refractivity contribution in [1.82, 2.24) is 9.80 Å². The molecule has 1 aliphatic rings. The molecule has 0 saturated carbocycles. The second-order valence-electron chi connectivity index (χ2n) is 6.16. The molecule has 0 spiro atoms. The molecule has 1 aromatic rings. The Hall–Kier alpha value is -1.15. The Morgan fingerprint density at radius 1 is 1.32 bits per heavy atom. The van der Waals surface area contributed by atoms with Gasteiger partial charge in [-0.3, -0.25) is 14.5 Å². The van der Waals surface area contributed by atoms with E-state index in [0.29, 0.717) is 12.5 Å². The minimum absolute atomic E-state index is 0. The number of amides is 1. The number of benzene rings is 1. The zero-order valence-corrected chi connectivity index (χ0v) is 16.7. The number of anilines is 1. The summed E-state index contributed by atoms with van der Waals surface area (Å²) < 4.78 is 0.876. The number of halogens is 2. The van der Waals surface area contributed by atoms with Crippen LogP contribution in [0.25, 0.3) is 0 Å². The molecule has 1 aromatic carbocycles. The number of likely N-dealkylation sites (N-methyl/N-ethyl adjacent to an activating group) is 1. The fourth-order valence-electron chi connectivity index (χ4n) is 2.96. The van der Waals surface area contributed by atoms with E-state index in [1.807, 2.05) is 36.2 Å². The van der Waals surface area contributed by atoms with Gasteiger partial charge in [0.2, 0.25) is 5.91 Å². The fraction of sp³-hybridized carbons (Fsp3) is 0.529. The first-order valence-corrected chi connectivity index (χ1v) is 8.94. The third kappa shape index (κ3) is 7.32. The molecule has 1 aliphatic heterocycles. The molecular formula is C17H25BrClN3O3. The van der Waals surface area contributed by atoms with Crippen molar-refractivity contribution >= 4 is 45.9 Å². The summed E-state index contributed by atoms with van der Waals surface area (Å²) in [5.74, 6) is -0.782. The zero-order chi connectivity index (χ0) is 17.5. The molecule has 0 radical (unpaired) electrons. The van der Waals surface area contributed by atoms with Gasteiger partial charge in [0.1, 0.15) is 0 Å². The Labute approximate surface area is 163 Å². The molecule has 2 N–H and O–H groups in total. The van der Waals surface area contributed by atoms with Crippen LogP contribution < -0.4 is 5.32 Å². The van der Waals surface area contributed by atoms with Crippen molar-refractivity contribution in [3.8, 4) is 0 Å². The fourth-order valence-corrected chi connectivity index (χ4v) is 3.35. The smallest absolute Gasteiger partial charge is 0.317 e. The average molecular weight is 435 g/mol. The van der Waals surface area contributed by atoms with Crippen LogP contribution in [0.3, 0.4) is 0 Å². The molecule has 8 heteroatoms. The van der Waals surface area contributed by atoms with E-state index >= 15 is 0 Å². The third-order valence-electron chi connectivity index (χ3n) is 4.37. The van der Waals surface area contributed by atoms with Gasteiger partial charge in [0, 0.05) is 23.5 Å². The van der Waals surface area contributed by atoms with Crippen molar-refractivity contribution < 1.29 is 14.7 Å². The molecule has 0 bridgehead atoms. The number of carboxylic acid groups (broad SMARTS) is 1. The van der Waals surface area contributed by atoms with Crippen LogP contribution in [0.1, 0.15) is 19.3 Å². The highest BCUT2D eigenvalue weighted by Crippen LogP contribution is 2.21. The molecule has 6 nitrogen and oxygen atoms in total. The second-order valence-corrected chi connectivity index (χ2v) is 7.01. The topological polar surface area (TPSA) is 72.9 Å². The van der Waals surface area contributed by atoms with E-state index < -0.39 is 5.97 Å². The van der Waals surface area contributed by atoms with Gasteiger partial charge < -0.3 is 15.3 Å². The highest BCUT2D eigenvalue weighted by Gasteiger charge is 2.23. The van der Waals surface area contributed by atoms with E-state index in [-0.39, 0.29) is 24.9 Å². The molecular weight excluding hydrogens is 410 g/mol. The van der Waals surface area contributed by atoms with Crippen LogP contribution in [0.4, 0.5) is 5.69 Å². The number of hydrogen-bond acceptors (Lipinski definition) is 4. The lowest BCUT2D eigenvalue weighted by molar-refractivity contribution is -0.138. The summed E-state index contributed by atoms with van der Waals surface area (Å²) in [5.41, 5.74) is 0.788. The molecule has 2 rings (SSSR count). The number of hydrogen-bond donors (Lipinski definition) is 2. The van der Waals surface area contributed by atoms with Crippen LogP contribution in [0.2, 0.25) is 0 Å². The van der Waals surface area contributed by atoms with Crippen molar-refractivity contribution in [3.05, 3.63) is 28.7 Å². The first-order valence-electron chi connectivity index (χ1n) is 8.14. The highest BCUT2D eigenvalue weighted by molar-refractivity contribution is 9.10. The molecule has 25 heavy (non-hydrogen) atoms. The van der Waals surface area contributed by atoms with Crippen LogP contribution >= 0.6 is 28.3 Å². The van der Waals surface area contributed by atoms with E-state index in [4.69, 9.17) is 5.11 Å². The lowest BCUT2D eigenvalue weighted by Crippen LogP contribution is -2.45. The number of likely N-dealkylation sites (tertiary alicyclic amines) is 1. The van der Waals surface area contributed by atoms with Gasteiger partial charge in [0.15, 0.2) is 0 Å². The number of piperidine rings is 1. The van der Waals surface area contributed by atoms with Crippen molar-refractivity contribution in [2.24, 2.45) is 0 Å². The predicted octanol–water partition coefficient (Wildman–Crippen LogP) is 2.68. The summed E-state index contributed by atoms with van der Waals surface area (Å²) in [7, 11) is 1.86. The van der Waals surface area contributed by atoms with E-state index in [2.05, 4.69) is 26.1 Å². The number of rotatable bonds is 7. The summed E-state index contributed by atoms with van der Waals surface area (Å²) in [4.78, 5) is 27.0. The number of nitrogens with one attached hydrogen (secondary N) is 1. The number of para-hydroxylation sites is 1. The van der Waals surface area contributed by atoms with E-state index in [0.717, 1.165) is 42.6 Å². The minimum Gasteiger partial charge on any atom is -0.480 e. The van der Waals surface area contributed by atoms with Gasteiger partial charge in [0.25, 0.3) is 0 Å². The maximum Gasteiger partial charge on any atom is 0.317 e. The molecule has 1 heterocycles. The lowest BCUT2D eigenvalue weighted by Gasteiger charge is -2.36. The number of aliphatic carboxylic acids is 1. The number of carbonyl (C=O) groups is 2. The Balaban J connectivity index is 0.00000312. The monoisotopic (exact) mass is 433 g/mol. The van der Waals surface area contributed by atoms with Crippen molar-refractivity contribution in [2.75, 3.05) is 38.5 Å². The third-order valence-corrected chi connectivity index (χ3v) is 5.06. The van der Waals surface area contributed by atoms with E-state index in [9.17, 15) is 9.59 Å². The lowest BCUT2D eigenvalue weighted by atomic mass is 10.0. The van der Waals surface area contributed by atoms with Gasteiger partial charge >= 0.3 is 5.97 Å². The van der Waals surface area contributed by atoms with Crippen LogP contribution in [-0.2, 0) is 9.59 Å². The Morgan fingerprint density at radius 3 is 2.56 bits per heavy atom. The van der Waals surface area contributed by atoms with E-state index in [1.54, 1.807) is 0 Å². The molecule has 1 saturated heterocycles. The molecule has 1 fully saturated rings. The molecule has 0 aromatic heterocycles. The first-order chi connectivity index (χ1) is 11.5. The summed E-state index contributed by atoms with van der Waals surface area (Å²) >= 11 is 3.42. The SMILES string of the molecule is CN(CC(=O)O)C1CCN(CCC(=O)Nc2ccccc2Br)CC1.Cl. The van der Waals surface area contributed by atoms with Gasteiger partial charge in [-0.15, -0.1) is 12.4 Å². The zero-order valence-electron chi connectivity index (χ0n) is 14.3. The maximum absolute atomic E-state index is 12.1. The van der Waals surface area contributed by atoms with E-state index in [1.165, 1.54) is 0 Å². The van der Waals surface area contributed by atoms with Crippen molar-refractivity contribution in [3.63, 3.8) is 0 Å². The summed E-state index contributed by atoms with van der Waals surface area (Å²) in [6, 6.07) is 7.87. The van der Waals surface area contributed by atoms with Gasteiger partial charge in [-0.25, -0.2) is 0 Å². The molecule has 140 valence electrons. The van der Waals surface area contributed by atoms with Crippen LogP contribution in [0.5, 0.6) is 0 Å². The quantitative estimate of drug-likeness (QED) is 0.690. The first kappa shape index (κ1) is 21.9. The highest BCUT2D eigenvalue weighted by atomic mass is 79.9. The van der Waals surface area contributed by atoms with Crippen LogP contribution in [0.15, 0.2) is 28.7 Å². The Morgan fingerprint density at radius 2 is 1.96 bits per heavy atom. The number of nitrogens with zero attached hydrogens (tertiary/aromatic N) is 2. The normalized spacial score (nSPS) is 15.6. The van der Waals surface area contributed by atoms with Gasteiger partial charge in [-0.05, 0) is 61.0 Å². The minimum atomic E-state index is -0.788. The molecule has 0 aliphatic carbocycles. The largest absolute Gasteiger partial charge is 0.480 e. The summed E-state index contributed by atoms with van der Waals surface area (Å²) in [6.45, 7) is 2.61. The molecule has 0 atom stereocenters. The summed E-state index contributed by atoms with van der Waals surface area (Å²) in [5, 5.41) is 11.8. The standard InChI is InChI=1S/C17H24BrN3O3.ClH/c1-20(12-17(23)24)13-6-9-21(10-7-13)11-8-16(22)19-15-5-3-2-4-14(15)18;/h2-5,13H,6-12H2,1H3,(H,19,22)(H,23,24);1H. The van der Waals surface area contributed by atoms with Gasteiger partial charge in [-0.1, -0.05) is 12.1 Å². The van der Waals surface area contributed by atoms with Gasteiger partial charge in [0.05, 0.1) is 12.2 Å². The van der Waals surface area contributed by atoms with Crippen LogP contribution in [-0.4, -0.2) is 66.1 Å². The Bertz CT molecular complexity index is 580. The average Bonchev–Trinajstić information content (AvgIpc) is 2.55. The number of carbonyl (C=O) groups excluding carboxylic acids is 1. The van der Waals surface area contributed by atoms with Crippen LogP contribution in [0, 0.1) is 0 Å². The predicted molar refractivity (Wildman–Crippen MR) is 104 cm³/mol. The summed E-state index contributed by atoms with van der Waals surface area (Å²) in [6.07, 6.45) is 2.34. The van der Waals surface area contributed by atoms with Gasteiger partial charge in [-0.2, -0.15) is 0 Å². The van der Waals surface area contributed by atoms with Crippen molar-refractivity contribution in [2.45, 2.75) is 25.3 Å².